The van der Waals surface area contributed by atoms with Gasteiger partial charge in [0.2, 0.25) is 0 Å². The van der Waals surface area contributed by atoms with Crippen LogP contribution >= 0.6 is 23.2 Å². The SMILES string of the molecule is Cc1ccc(-c2cc(-c3ccc(Cl)cc3Cl)c(C#N)c(=O)[nH]2)cc1. The Morgan fingerprint density at radius 2 is 1.71 bits per heavy atom. The van der Waals surface area contributed by atoms with Crippen LogP contribution in [0, 0.1) is 18.3 Å². The average molecular weight is 355 g/mol. The molecule has 0 saturated carbocycles. The van der Waals surface area contributed by atoms with E-state index in [0.29, 0.717) is 26.9 Å². The van der Waals surface area contributed by atoms with Gasteiger partial charge in [-0.25, -0.2) is 0 Å². The zero-order chi connectivity index (χ0) is 17.3. The van der Waals surface area contributed by atoms with Crippen molar-refractivity contribution in [3.63, 3.8) is 0 Å². The number of H-pyrrole nitrogens is 1. The van der Waals surface area contributed by atoms with Crippen molar-refractivity contribution in [1.82, 2.24) is 4.98 Å². The lowest BCUT2D eigenvalue weighted by molar-refractivity contribution is 1.22. The van der Waals surface area contributed by atoms with Crippen LogP contribution in [0.3, 0.4) is 0 Å². The second-order valence-electron chi connectivity index (χ2n) is 5.40. The Balaban J connectivity index is 2.27. The maximum atomic E-state index is 12.3. The summed E-state index contributed by atoms with van der Waals surface area (Å²) in [7, 11) is 0. The van der Waals surface area contributed by atoms with E-state index in [1.807, 2.05) is 37.3 Å². The zero-order valence-electron chi connectivity index (χ0n) is 12.7. The van der Waals surface area contributed by atoms with Crippen molar-refractivity contribution in [3.05, 3.63) is 80.1 Å². The van der Waals surface area contributed by atoms with Crippen LogP contribution in [-0.4, -0.2) is 4.98 Å². The van der Waals surface area contributed by atoms with Crippen molar-refractivity contribution < 1.29 is 0 Å². The van der Waals surface area contributed by atoms with Gasteiger partial charge < -0.3 is 4.98 Å². The van der Waals surface area contributed by atoms with E-state index in [-0.39, 0.29) is 5.56 Å². The normalized spacial score (nSPS) is 10.4. The van der Waals surface area contributed by atoms with Crippen molar-refractivity contribution in [2.75, 3.05) is 0 Å². The van der Waals surface area contributed by atoms with Crippen molar-refractivity contribution >= 4 is 23.2 Å². The first-order valence-electron chi connectivity index (χ1n) is 7.19. The van der Waals surface area contributed by atoms with Gasteiger partial charge in [-0.2, -0.15) is 5.26 Å². The van der Waals surface area contributed by atoms with Crippen LogP contribution in [0.4, 0.5) is 0 Å². The minimum Gasteiger partial charge on any atom is -0.321 e. The van der Waals surface area contributed by atoms with Crippen LogP contribution in [0.1, 0.15) is 11.1 Å². The molecule has 0 unspecified atom stereocenters. The fourth-order valence-corrected chi connectivity index (χ4v) is 2.99. The summed E-state index contributed by atoms with van der Waals surface area (Å²) >= 11 is 12.2. The number of halogens is 2. The summed E-state index contributed by atoms with van der Waals surface area (Å²) in [6.07, 6.45) is 0. The van der Waals surface area contributed by atoms with E-state index in [9.17, 15) is 10.1 Å². The van der Waals surface area contributed by atoms with Crippen molar-refractivity contribution in [1.29, 1.82) is 5.26 Å². The predicted octanol–water partition coefficient (Wildman–Crippen LogP) is 5.20. The number of nitriles is 1. The van der Waals surface area contributed by atoms with E-state index < -0.39 is 5.56 Å². The van der Waals surface area contributed by atoms with Crippen LogP contribution in [0.25, 0.3) is 22.4 Å². The molecule has 118 valence electrons. The lowest BCUT2D eigenvalue weighted by Gasteiger charge is -2.10. The first-order chi connectivity index (χ1) is 11.5. The molecule has 0 aliphatic heterocycles. The van der Waals surface area contributed by atoms with E-state index in [0.717, 1.165) is 11.1 Å². The molecule has 3 rings (SSSR count). The molecule has 0 saturated heterocycles. The molecule has 0 radical (unpaired) electrons. The summed E-state index contributed by atoms with van der Waals surface area (Å²) in [4.78, 5) is 15.1. The highest BCUT2D eigenvalue weighted by Crippen LogP contribution is 2.33. The molecule has 0 amide bonds. The van der Waals surface area contributed by atoms with Crippen molar-refractivity contribution in [3.8, 4) is 28.5 Å². The lowest BCUT2D eigenvalue weighted by atomic mass is 9.99. The number of hydrogen-bond acceptors (Lipinski definition) is 2. The summed E-state index contributed by atoms with van der Waals surface area (Å²) < 4.78 is 0. The van der Waals surface area contributed by atoms with Crippen molar-refractivity contribution in [2.45, 2.75) is 6.92 Å². The molecule has 5 heteroatoms. The summed E-state index contributed by atoms with van der Waals surface area (Å²) in [6, 6.07) is 16.4. The van der Waals surface area contributed by atoms with E-state index >= 15 is 0 Å². The second kappa shape index (κ2) is 6.52. The molecule has 0 bridgehead atoms. The lowest BCUT2D eigenvalue weighted by Crippen LogP contribution is -2.12. The number of hydrogen-bond donors (Lipinski definition) is 1. The van der Waals surface area contributed by atoms with Gasteiger partial charge in [0.05, 0.1) is 0 Å². The third-order valence-electron chi connectivity index (χ3n) is 3.73. The fraction of sp³-hybridized carbons (Fsp3) is 0.0526. The highest BCUT2D eigenvalue weighted by Gasteiger charge is 2.15. The van der Waals surface area contributed by atoms with Gasteiger partial charge in [-0.3, -0.25) is 4.79 Å². The Morgan fingerprint density at radius 3 is 2.33 bits per heavy atom. The van der Waals surface area contributed by atoms with Crippen LogP contribution in [0.2, 0.25) is 10.0 Å². The molecule has 1 aromatic heterocycles. The maximum absolute atomic E-state index is 12.3. The molecular weight excluding hydrogens is 343 g/mol. The van der Waals surface area contributed by atoms with Gasteiger partial charge in [0, 0.05) is 26.9 Å². The minimum atomic E-state index is -0.448. The summed E-state index contributed by atoms with van der Waals surface area (Å²) in [5, 5.41) is 10.2. The number of nitrogens with one attached hydrogen (secondary N) is 1. The third-order valence-corrected chi connectivity index (χ3v) is 4.28. The Hall–Kier alpha value is -2.54. The Labute approximate surface area is 149 Å². The number of nitrogens with zero attached hydrogens (tertiary/aromatic N) is 1. The number of benzene rings is 2. The number of aromatic nitrogens is 1. The van der Waals surface area contributed by atoms with Gasteiger partial charge in [0.15, 0.2) is 0 Å². The maximum Gasteiger partial charge on any atom is 0.266 e. The Morgan fingerprint density at radius 1 is 1.00 bits per heavy atom. The van der Waals surface area contributed by atoms with E-state index in [4.69, 9.17) is 23.2 Å². The fourth-order valence-electron chi connectivity index (χ4n) is 2.48. The molecule has 0 aliphatic rings. The Kier molecular flexibility index (Phi) is 4.44. The first kappa shape index (κ1) is 16.3. The molecule has 0 spiro atoms. The van der Waals surface area contributed by atoms with Crippen LogP contribution < -0.4 is 5.56 Å². The molecule has 0 atom stereocenters. The Bertz CT molecular complexity index is 1020. The van der Waals surface area contributed by atoms with Gasteiger partial charge in [0.25, 0.3) is 5.56 Å². The zero-order valence-corrected chi connectivity index (χ0v) is 14.2. The van der Waals surface area contributed by atoms with Gasteiger partial charge in [-0.1, -0.05) is 59.1 Å². The largest absolute Gasteiger partial charge is 0.321 e. The van der Waals surface area contributed by atoms with Gasteiger partial charge in [-0.15, -0.1) is 0 Å². The highest BCUT2D eigenvalue weighted by molar-refractivity contribution is 6.36. The number of rotatable bonds is 2. The topological polar surface area (TPSA) is 56.6 Å². The molecule has 24 heavy (non-hydrogen) atoms. The molecule has 1 N–H and O–H groups in total. The molecule has 0 aliphatic carbocycles. The summed E-state index contributed by atoms with van der Waals surface area (Å²) in [6.45, 7) is 1.99. The smallest absolute Gasteiger partial charge is 0.266 e. The number of pyridine rings is 1. The van der Waals surface area contributed by atoms with E-state index in [1.165, 1.54) is 0 Å². The first-order valence-corrected chi connectivity index (χ1v) is 7.95. The third kappa shape index (κ3) is 3.07. The van der Waals surface area contributed by atoms with Crippen LogP contribution in [0.15, 0.2) is 53.3 Å². The summed E-state index contributed by atoms with van der Waals surface area (Å²) in [5.74, 6) is 0. The van der Waals surface area contributed by atoms with Crippen molar-refractivity contribution in [2.24, 2.45) is 0 Å². The van der Waals surface area contributed by atoms with Gasteiger partial charge in [-0.05, 0) is 30.7 Å². The van der Waals surface area contributed by atoms with Gasteiger partial charge in [0.1, 0.15) is 11.6 Å². The molecular formula is C19H12Cl2N2O. The number of aromatic amines is 1. The van der Waals surface area contributed by atoms with E-state index in [2.05, 4.69) is 4.98 Å². The molecule has 3 nitrogen and oxygen atoms in total. The summed E-state index contributed by atoms with van der Waals surface area (Å²) in [5.41, 5.74) is 3.26. The van der Waals surface area contributed by atoms with E-state index in [1.54, 1.807) is 24.3 Å². The molecule has 1 heterocycles. The van der Waals surface area contributed by atoms with Crippen LogP contribution in [0.5, 0.6) is 0 Å². The van der Waals surface area contributed by atoms with Crippen LogP contribution in [-0.2, 0) is 0 Å². The monoisotopic (exact) mass is 354 g/mol. The molecule has 3 aromatic rings. The molecule has 0 fully saturated rings. The highest BCUT2D eigenvalue weighted by atomic mass is 35.5. The average Bonchev–Trinajstić information content (AvgIpc) is 2.55. The quantitative estimate of drug-likeness (QED) is 0.687. The second-order valence-corrected chi connectivity index (χ2v) is 6.25. The van der Waals surface area contributed by atoms with Gasteiger partial charge >= 0.3 is 0 Å². The predicted molar refractivity (Wildman–Crippen MR) is 97.4 cm³/mol. The molecule has 2 aromatic carbocycles. The number of aryl methyl sites for hydroxylation is 1. The minimum absolute atomic E-state index is 0.0232. The standard InChI is InChI=1S/C19H12Cl2N2O/c1-11-2-4-12(5-3-11)18-9-15(16(10-22)19(24)23-18)14-7-6-13(20)8-17(14)21/h2-9H,1H3,(H,23,24).